The molecule has 146 valence electrons. The third kappa shape index (κ3) is 3.70. The number of H-pyrrole nitrogens is 1. The first-order chi connectivity index (χ1) is 13.9. The minimum atomic E-state index is -0.503. The number of urea groups is 1. The number of aromatic amines is 1. The number of halogens is 1. The molecule has 9 heteroatoms. The number of ketones is 1. The first-order valence-corrected chi connectivity index (χ1v) is 9.08. The molecule has 1 aromatic carbocycles. The fourth-order valence-electron chi connectivity index (χ4n) is 2.86. The van der Waals surface area contributed by atoms with E-state index in [1.54, 1.807) is 50.4 Å². The molecule has 3 N–H and O–H groups in total. The maximum absolute atomic E-state index is 13.0. The summed E-state index contributed by atoms with van der Waals surface area (Å²) in [6.07, 6.45) is 3.10. The highest BCUT2D eigenvalue weighted by Crippen LogP contribution is 2.24. The summed E-state index contributed by atoms with van der Waals surface area (Å²) in [5, 5.41) is 10.1. The largest absolute Gasteiger partial charge is 0.345 e. The van der Waals surface area contributed by atoms with E-state index in [9.17, 15) is 9.59 Å². The Morgan fingerprint density at radius 3 is 2.76 bits per heavy atom. The number of hydrogen-bond donors (Lipinski definition) is 3. The van der Waals surface area contributed by atoms with Crippen LogP contribution >= 0.6 is 11.6 Å². The zero-order valence-electron chi connectivity index (χ0n) is 15.5. The number of benzene rings is 1. The quantitative estimate of drug-likeness (QED) is 0.423. The van der Waals surface area contributed by atoms with Crippen LogP contribution in [-0.2, 0) is 0 Å². The van der Waals surface area contributed by atoms with Gasteiger partial charge in [-0.05, 0) is 32.0 Å². The second kappa shape index (κ2) is 7.40. The number of carbonyl (C=O) groups excluding carboxylic acids is 2. The van der Waals surface area contributed by atoms with E-state index in [1.165, 1.54) is 6.20 Å². The van der Waals surface area contributed by atoms with Gasteiger partial charge in [-0.3, -0.25) is 10.1 Å². The Labute approximate surface area is 170 Å². The third-order valence-electron chi connectivity index (χ3n) is 4.51. The van der Waals surface area contributed by atoms with Crippen molar-refractivity contribution in [1.29, 1.82) is 0 Å². The van der Waals surface area contributed by atoms with Crippen LogP contribution in [0.15, 0.2) is 47.2 Å². The minimum Gasteiger partial charge on any atom is -0.345 e. The summed E-state index contributed by atoms with van der Waals surface area (Å²) in [6, 6.07) is 7.82. The summed E-state index contributed by atoms with van der Waals surface area (Å²) < 4.78 is 5.07. The average Bonchev–Trinajstić information content (AvgIpc) is 3.25. The first kappa shape index (κ1) is 18.7. The number of fused-ring (bicyclic) bond motifs is 1. The topological polar surface area (TPSA) is 113 Å². The van der Waals surface area contributed by atoms with E-state index in [4.69, 9.17) is 16.1 Å². The lowest BCUT2D eigenvalue weighted by atomic mass is 10.0. The number of aromatic nitrogens is 3. The van der Waals surface area contributed by atoms with Crippen molar-refractivity contribution < 1.29 is 14.1 Å². The number of carbonyl (C=O) groups is 2. The van der Waals surface area contributed by atoms with Gasteiger partial charge in [-0.2, -0.15) is 0 Å². The number of nitrogens with zero attached hydrogens (tertiary/aromatic N) is 2. The predicted molar refractivity (Wildman–Crippen MR) is 110 cm³/mol. The lowest BCUT2D eigenvalue weighted by Crippen LogP contribution is -2.19. The number of hydrogen-bond acceptors (Lipinski definition) is 5. The van der Waals surface area contributed by atoms with Crippen LogP contribution in [0.4, 0.5) is 16.4 Å². The Kier molecular flexibility index (Phi) is 4.77. The molecule has 0 aliphatic rings. The van der Waals surface area contributed by atoms with Gasteiger partial charge in [-0.15, -0.1) is 0 Å². The lowest BCUT2D eigenvalue weighted by Gasteiger charge is -2.07. The number of rotatable bonds is 4. The van der Waals surface area contributed by atoms with Crippen LogP contribution in [0.3, 0.4) is 0 Å². The SMILES string of the molecule is Cc1noc(NC(=O)Nc2cccc(C(=O)c3c[nH]c4ncc(Cl)cc34)c2)c1C. The van der Waals surface area contributed by atoms with Crippen LogP contribution in [0.1, 0.15) is 27.2 Å². The molecule has 4 aromatic rings. The van der Waals surface area contributed by atoms with Gasteiger partial charge in [0.2, 0.25) is 5.88 Å². The first-order valence-electron chi connectivity index (χ1n) is 8.70. The van der Waals surface area contributed by atoms with Gasteiger partial charge in [0, 0.05) is 40.2 Å². The van der Waals surface area contributed by atoms with Gasteiger partial charge < -0.3 is 14.8 Å². The van der Waals surface area contributed by atoms with Crippen molar-refractivity contribution >= 4 is 46.0 Å². The van der Waals surface area contributed by atoms with Crippen LogP contribution in [-0.4, -0.2) is 26.9 Å². The van der Waals surface area contributed by atoms with E-state index in [0.29, 0.717) is 38.6 Å². The highest BCUT2D eigenvalue weighted by Gasteiger charge is 2.17. The molecule has 4 rings (SSSR count). The van der Waals surface area contributed by atoms with Gasteiger partial charge in [0.1, 0.15) is 5.65 Å². The summed E-state index contributed by atoms with van der Waals surface area (Å²) >= 11 is 6.01. The number of anilines is 2. The lowest BCUT2D eigenvalue weighted by molar-refractivity contribution is 0.104. The summed E-state index contributed by atoms with van der Waals surface area (Å²) in [5.74, 6) is 0.0569. The summed E-state index contributed by atoms with van der Waals surface area (Å²) in [6.45, 7) is 3.58. The van der Waals surface area contributed by atoms with Gasteiger partial charge in [0.15, 0.2) is 5.78 Å². The Hall–Kier alpha value is -3.65. The Morgan fingerprint density at radius 1 is 1.17 bits per heavy atom. The van der Waals surface area contributed by atoms with Crippen LogP contribution in [0.2, 0.25) is 5.02 Å². The van der Waals surface area contributed by atoms with E-state index in [1.807, 2.05) is 0 Å². The van der Waals surface area contributed by atoms with Crippen molar-refractivity contribution in [2.24, 2.45) is 0 Å². The van der Waals surface area contributed by atoms with Crippen molar-refractivity contribution in [2.45, 2.75) is 13.8 Å². The summed E-state index contributed by atoms with van der Waals surface area (Å²) in [4.78, 5) is 32.3. The smallest absolute Gasteiger partial charge is 0.326 e. The maximum Gasteiger partial charge on any atom is 0.326 e. The van der Waals surface area contributed by atoms with E-state index in [-0.39, 0.29) is 11.7 Å². The zero-order chi connectivity index (χ0) is 20.5. The van der Waals surface area contributed by atoms with Gasteiger partial charge in [0.05, 0.1) is 10.7 Å². The Balaban J connectivity index is 1.55. The molecule has 3 aromatic heterocycles. The zero-order valence-corrected chi connectivity index (χ0v) is 16.3. The van der Waals surface area contributed by atoms with Crippen molar-refractivity contribution in [3.05, 3.63) is 70.1 Å². The van der Waals surface area contributed by atoms with Gasteiger partial charge in [0.25, 0.3) is 0 Å². The molecule has 0 radical (unpaired) electrons. The van der Waals surface area contributed by atoms with Crippen LogP contribution in [0.25, 0.3) is 11.0 Å². The second-order valence-electron chi connectivity index (χ2n) is 6.46. The summed E-state index contributed by atoms with van der Waals surface area (Å²) in [5.41, 5.74) is 3.33. The fourth-order valence-corrected chi connectivity index (χ4v) is 3.01. The van der Waals surface area contributed by atoms with Crippen molar-refractivity contribution in [3.63, 3.8) is 0 Å². The van der Waals surface area contributed by atoms with Crippen molar-refractivity contribution in [1.82, 2.24) is 15.1 Å². The molecule has 29 heavy (non-hydrogen) atoms. The number of pyridine rings is 1. The average molecular weight is 410 g/mol. The standard InChI is InChI=1S/C20H16ClN5O3/c1-10-11(2)26-29-19(10)25-20(28)24-14-5-3-4-12(6-14)17(27)16-9-23-18-15(16)7-13(21)8-22-18/h3-9H,1-2H3,(H,22,23)(H2,24,25,28). The molecule has 0 spiro atoms. The van der Waals surface area contributed by atoms with E-state index < -0.39 is 6.03 Å². The molecule has 0 saturated carbocycles. The molecule has 8 nitrogen and oxygen atoms in total. The van der Waals surface area contributed by atoms with Crippen LogP contribution in [0.5, 0.6) is 0 Å². The van der Waals surface area contributed by atoms with Crippen LogP contribution in [0, 0.1) is 13.8 Å². The highest BCUT2D eigenvalue weighted by molar-refractivity contribution is 6.31. The molecular weight excluding hydrogens is 394 g/mol. The molecule has 0 saturated heterocycles. The Bertz CT molecular complexity index is 1240. The molecular formula is C20H16ClN5O3. The molecule has 0 bridgehead atoms. The van der Waals surface area contributed by atoms with E-state index >= 15 is 0 Å². The number of aryl methyl sites for hydroxylation is 1. The van der Waals surface area contributed by atoms with Crippen molar-refractivity contribution in [2.75, 3.05) is 10.6 Å². The third-order valence-corrected chi connectivity index (χ3v) is 4.72. The molecule has 0 fully saturated rings. The summed E-state index contributed by atoms with van der Waals surface area (Å²) in [7, 11) is 0. The monoisotopic (exact) mass is 409 g/mol. The highest BCUT2D eigenvalue weighted by atomic mass is 35.5. The van der Waals surface area contributed by atoms with Gasteiger partial charge >= 0.3 is 6.03 Å². The number of nitrogens with one attached hydrogen (secondary N) is 3. The second-order valence-corrected chi connectivity index (χ2v) is 6.90. The normalized spacial score (nSPS) is 10.9. The van der Waals surface area contributed by atoms with Crippen molar-refractivity contribution in [3.8, 4) is 0 Å². The molecule has 0 aliphatic carbocycles. The van der Waals surface area contributed by atoms with E-state index in [2.05, 4.69) is 25.8 Å². The minimum absolute atomic E-state index is 0.217. The predicted octanol–water partition coefficient (Wildman–Crippen LogP) is 4.70. The van der Waals surface area contributed by atoms with E-state index in [0.717, 1.165) is 5.56 Å². The molecule has 0 atom stereocenters. The fraction of sp³-hybridized carbons (Fsp3) is 0.100. The molecule has 0 aliphatic heterocycles. The maximum atomic E-state index is 13.0. The number of amides is 2. The Morgan fingerprint density at radius 2 is 2.00 bits per heavy atom. The molecule has 3 heterocycles. The van der Waals surface area contributed by atoms with Crippen LogP contribution < -0.4 is 10.6 Å². The molecule has 0 unspecified atom stereocenters. The van der Waals surface area contributed by atoms with Gasteiger partial charge in [-0.1, -0.05) is 28.9 Å². The molecule has 2 amide bonds. The van der Waals surface area contributed by atoms with Gasteiger partial charge in [-0.25, -0.2) is 9.78 Å².